The summed E-state index contributed by atoms with van der Waals surface area (Å²) in [5.74, 6) is 0.624. The van der Waals surface area contributed by atoms with Gasteiger partial charge < -0.3 is 23.9 Å². The quantitative estimate of drug-likeness (QED) is 0.548. The number of benzene rings is 1. The summed E-state index contributed by atoms with van der Waals surface area (Å²) >= 11 is 0. The van der Waals surface area contributed by atoms with Crippen LogP contribution in [0.15, 0.2) is 28.7 Å². The molecule has 1 N–H and O–H groups in total. The van der Waals surface area contributed by atoms with E-state index in [0.29, 0.717) is 36.3 Å². The number of methoxy groups -OCH3 is 1. The van der Waals surface area contributed by atoms with Crippen LogP contribution in [0.3, 0.4) is 0 Å². The van der Waals surface area contributed by atoms with E-state index in [9.17, 15) is 23.1 Å². The Morgan fingerprint density at radius 2 is 1.91 bits per heavy atom. The SMILES string of the molecule is COc1cc(C(F)(F)F)ccc1-c1oc([C@@H](O)C2(C)CCCN(C(=O)OC(C)(C)C)C2)cc1C. The number of alkyl halides is 3. The Morgan fingerprint density at radius 3 is 2.50 bits per heavy atom. The lowest BCUT2D eigenvalue weighted by atomic mass is 9.76. The second-order valence-electron chi connectivity index (χ2n) is 10.1. The van der Waals surface area contributed by atoms with E-state index in [-0.39, 0.29) is 18.1 Å². The van der Waals surface area contributed by atoms with E-state index in [1.165, 1.54) is 13.2 Å². The predicted octanol–water partition coefficient (Wildman–Crippen LogP) is 6.35. The molecule has 2 aromatic rings. The fourth-order valence-corrected chi connectivity index (χ4v) is 4.28. The molecule has 0 spiro atoms. The smallest absolute Gasteiger partial charge is 0.416 e. The number of nitrogens with zero attached hydrogens (tertiary/aromatic N) is 1. The minimum absolute atomic E-state index is 0.0216. The zero-order valence-corrected chi connectivity index (χ0v) is 20.4. The van der Waals surface area contributed by atoms with E-state index < -0.39 is 35.0 Å². The van der Waals surface area contributed by atoms with E-state index in [2.05, 4.69) is 0 Å². The normalized spacial score (nSPS) is 20.2. The van der Waals surface area contributed by atoms with Crippen LogP contribution >= 0.6 is 0 Å². The van der Waals surface area contributed by atoms with Crippen molar-refractivity contribution in [2.75, 3.05) is 20.2 Å². The molecule has 0 aliphatic carbocycles. The third kappa shape index (κ3) is 5.51. The van der Waals surface area contributed by atoms with Gasteiger partial charge in [-0.05, 0) is 70.4 Å². The van der Waals surface area contributed by atoms with Gasteiger partial charge in [0.15, 0.2) is 0 Å². The Labute approximate surface area is 197 Å². The van der Waals surface area contributed by atoms with Crippen molar-refractivity contribution in [1.29, 1.82) is 0 Å². The predicted molar refractivity (Wildman–Crippen MR) is 121 cm³/mol. The Hall–Kier alpha value is -2.68. The molecule has 1 aliphatic heterocycles. The second kappa shape index (κ2) is 9.17. The number of rotatable bonds is 4. The van der Waals surface area contributed by atoms with E-state index in [0.717, 1.165) is 12.1 Å². The number of carbonyl (C=O) groups is 1. The fourth-order valence-electron chi connectivity index (χ4n) is 4.28. The van der Waals surface area contributed by atoms with Crippen molar-refractivity contribution < 1.29 is 37.0 Å². The Bertz CT molecular complexity index is 1040. The minimum Gasteiger partial charge on any atom is -0.496 e. The molecular weight excluding hydrogens is 451 g/mol. The molecule has 2 heterocycles. The van der Waals surface area contributed by atoms with Gasteiger partial charge in [0.05, 0.1) is 18.2 Å². The number of halogens is 3. The van der Waals surface area contributed by atoms with E-state index in [1.807, 2.05) is 6.92 Å². The summed E-state index contributed by atoms with van der Waals surface area (Å²) in [6.07, 6.45) is -4.62. The molecule has 0 radical (unpaired) electrons. The summed E-state index contributed by atoms with van der Waals surface area (Å²) in [7, 11) is 1.29. The van der Waals surface area contributed by atoms with Gasteiger partial charge in [0.2, 0.25) is 0 Å². The van der Waals surface area contributed by atoms with E-state index >= 15 is 0 Å². The molecule has 1 unspecified atom stereocenters. The van der Waals surface area contributed by atoms with Crippen LogP contribution in [0.25, 0.3) is 11.3 Å². The van der Waals surface area contributed by atoms with Crippen molar-refractivity contribution in [3.8, 4) is 17.1 Å². The summed E-state index contributed by atoms with van der Waals surface area (Å²) in [6.45, 7) is 9.83. The van der Waals surface area contributed by atoms with Crippen molar-refractivity contribution in [2.24, 2.45) is 5.41 Å². The highest BCUT2D eigenvalue weighted by atomic mass is 19.4. The van der Waals surface area contributed by atoms with Crippen molar-refractivity contribution in [3.63, 3.8) is 0 Å². The van der Waals surface area contributed by atoms with Crippen LogP contribution in [-0.4, -0.2) is 41.9 Å². The van der Waals surface area contributed by atoms with Gasteiger partial charge in [0.1, 0.15) is 29.0 Å². The average Bonchev–Trinajstić information content (AvgIpc) is 3.12. The number of carbonyl (C=O) groups excluding carboxylic acids is 1. The highest BCUT2D eigenvalue weighted by molar-refractivity contribution is 5.70. The number of hydrogen-bond donors (Lipinski definition) is 1. The van der Waals surface area contributed by atoms with Crippen LogP contribution in [-0.2, 0) is 10.9 Å². The molecule has 0 saturated carbocycles. The number of aliphatic hydroxyl groups excluding tert-OH is 1. The Kier molecular flexibility index (Phi) is 6.99. The van der Waals surface area contributed by atoms with Gasteiger partial charge in [-0.2, -0.15) is 13.2 Å². The first-order valence-electron chi connectivity index (χ1n) is 11.2. The second-order valence-corrected chi connectivity index (χ2v) is 10.1. The van der Waals surface area contributed by atoms with Gasteiger partial charge in [-0.3, -0.25) is 0 Å². The van der Waals surface area contributed by atoms with Crippen LogP contribution in [0.4, 0.5) is 18.0 Å². The maximum absolute atomic E-state index is 13.1. The van der Waals surface area contributed by atoms with Crippen molar-refractivity contribution in [3.05, 3.63) is 41.2 Å². The number of likely N-dealkylation sites (tertiary alicyclic amines) is 1. The zero-order valence-electron chi connectivity index (χ0n) is 20.4. The molecule has 3 rings (SSSR count). The van der Waals surface area contributed by atoms with Gasteiger partial charge in [0, 0.05) is 18.5 Å². The lowest BCUT2D eigenvalue weighted by Gasteiger charge is -2.42. The first-order valence-corrected chi connectivity index (χ1v) is 11.2. The first kappa shape index (κ1) is 25.9. The molecule has 1 fully saturated rings. The highest BCUT2D eigenvalue weighted by Crippen LogP contribution is 2.45. The number of aryl methyl sites for hydroxylation is 1. The van der Waals surface area contributed by atoms with Crippen LogP contribution < -0.4 is 4.74 Å². The number of ether oxygens (including phenoxy) is 2. The molecule has 188 valence electrons. The third-order valence-electron chi connectivity index (χ3n) is 6.02. The first-order chi connectivity index (χ1) is 15.6. The molecule has 34 heavy (non-hydrogen) atoms. The molecule has 9 heteroatoms. The molecule has 1 saturated heterocycles. The van der Waals surface area contributed by atoms with Crippen molar-refractivity contribution in [2.45, 2.75) is 65.3 Å². The molecule has 1 amide bonds. The molecule has 2 atom stereocenters. The summed E-state index contributed by atoms with van der Waals surface area (Å²) in [4.78, 5) is 14.2. The van der Waals surface area contributed by atoms with Gasteiger partial charge in [-0.15, -0.1) is 0 Å². The largest absolute Gasteiger partial charge is 0.496 e. The molecule has 1 aromatic carbocycles. The number of furan rings is 1. The number of amides is 1. The lowest BCUT2D eigenvalue weighted by Crippen LogP contribution is -2.48. The molecule has 6 nitrogen and oxygen atoms in total. The van der Waals surface area contributed by atoms with Crippen molar-refractivity contribution >= 4 is 6.09 Å². The van der Waals surface area contributed by atoms with Crippen LogP contribution in [0, 0.1) is 12.3 Å². The monoisotopic (exact) mass is 483 g/mol. The Balaban J connectivity index is 1.88. The summed E-state index contributed by atoms with van der Waals surface area (Å²) in [5, 5.41) is 11.2. The zero-order chi connectivity index (χ0) is 25.5. The van der Waals surface area contributed by atoms with Crippen LogP contribution in [0.1, 0.15) is 63.5 Å². The van der Waals surface area contributed by atoms with Gasteiger partial charge in [-0.25, -0.2) is 4.79 Å². The lowest BCUT2D eigenvalue weighted by molar-refractivity contribution is -0.137. The van der Waals surface area contributed by atoms with E-state index in [1.54, 1.807) is 38.7 Å². The van der Waals surface area contributed by atoms with Gasteiger partial charge in [0.25, 0.3) is 0 Å². The van der Waals surface area contributed by atoms with Crippen LogP contribution in [0.5, 0.6) is 5.75 Å². The standard InChI is InChI=1S/C25H32F3NO5/c1-15-12-19(33-20(15)17-9-8-16(25(26,27)28)13-18(17)32-6)21(30)24(5)10-7-11-29(14-24)22(31)34-23(2,3)4/h8-9,12-13,21,30H,7,10-11,14H2,1-6H3/t21-,24?/m1/s1. The maximum Gasteiger partial charge on any atom is 0.416 e. The van der Waals surface area contributed by atoms with Gasteiger partial charge >= 0.3 is 12.3 Å². The minimum atomic E-state index is -4.50. The Morgan fingerprint density at radius 1 is 1.24 bits per heavy atom. The van der Waals surface area contributed by atoms with Crippen molar-refractivity contribution in [1.82, 2.24) is 4.90 Å². The number of piperidine rings is 1. The molecular formula is C25H32F3NO5. The fraction of sp³-hybridized carbons (Fsp3) is 0.560. The van der Waals surface area contributed by atoms with Gasteiger partial charge in [-0.1, -0.05) is 6.92 Å². The highest BCUT2D eigenvalue weighted by Gasteiger charge is 2.42. The molecule has 1 aromatic heterocycles. The third-order valence-corrected chi connectivity index (χ3v) is 6.02. The average molecular weight is 484 g/mol. The summed E-state index contributed by atoms with van der Waals surface area (Å²) in [6, 6.07) is 4.87. The molecule has 0 bridgehead atoms. The number of hydrogen-bond acceptors (Lipinski definition) is 5. The maximum atomic E-state index is 13.1. The summed E-state index contributed by atoms with van der Waals surface area (Å²) in [5.41, 5.74) is -1.14. The topological polar surface area (TPSA) is 72.1 Å². The molecule has 1 aliphatic rings. The van der Waals surface area contributed by atoms with Crippen LogP contribution in [0.2, 0.25) is 0 Å². The number of aliphatic hydroxyl groups is 1. The van der Waals surface area contributed by atoms with E-state index in [4.69, 9.17) is 13.9 Å². The summed E-state index contributed by atoms with van der Waals surface area (Å²) < 4.78 is 56.0.